The summed E-state index contributed by atoms with van der Waals surface area (Å²) in [4.78, 5) is 12.2. The van der Waals surface area contributed by atoms with E-state index < -0.39 is 10.0 Å². The SMILES string of the molecule is COc1ccc(CCCNC(=O)CN(c2ccc(C)cc2)S(C)(=O)=O)cc1. The second-order valence-corrected chi connectivity index (χ2v) is 8.31. The summed E-state index contributed by atoms with van der Waals surface area (Å²) in [6.07, 6.45) is 2.68. The molecule has 27 heavy (non-hydrogen) atoms. The van der Waals surface area contributed by atoms with Crippen LogP contribution in [-0.2, 0) is 21.2 Å². The van der Waals surface area contributed by atoms with Crippen LogP contribution < -0.4 is 14.4 Å². The molecule has 0 bridgehead atoms. The Balaban J connectivity index is 1.85. The first-order chi connectivity index (χ1) is 12.8. The van der Waals surface area contributed by atoms with Crippen LogP contribution in [0.3, 0.4) is 0 Å². The summed E-state index contributed by atoms with van der Waals surface area (Å²) in [7, 11) is -1.92. The molecule has 0 radical (unpaired) electrons. The largest absolute Gasteiger partial charge is 0.497 e. The van der Waals surface area contributed by atoms with Crippen molar-refractivity contribution in [1.29, 1.82) is 0 Å². The normalized spacial score (nSPS) is 11.1. The zero-order valence-electron chi connectivity index (χ0n) is 15.9. The number of ether oxygens (including phenoxy) is 1. The third-order valence-electron chi connectivity index (χ3n) is 4.13. The summed E-state index contributed by atoms with van der Waals surface area (Å²) in [6, 6.07) is 14.8. The van der Waals surface area contributed by atoms with Gasteiger partial charge in [-0.05, 0) is 49.6 Å². The first-order valence-corrected chi connectivity index (χ1v) is 10.6. The van der Waals surface area contributed by atoms with Crippen LogP contribution in [0.4, 0.5) is 5.69 Å². The highest BCUT2D eigenvalue weighted by Gasteiger charge is 2.20. The molecule has 2 aromatic rings. The molecular weight excluding hydrogens is 364 g/mol. The van der Waals surface area contributed by atoms with E-state index in [1.807, 2.05) is 43.3 Å². The Morgan fingerprint density at radius 3 is 2.26 bits per heavy atom. The lowest BCUT2D eigenvalue weighted by molar-refractivity contribution is -0.119. The fraction of sp³-hybridized carbons (Fsp3) is 0.350. The number of amides is 1. The number of benzene rings is 2. The van der Waals surface area contributed by atoms with Gasteiger partial charge in [-0.1, -0.05) is 29.8 Å². The van der Waals surface area contributed by atoms with Crippen LogP contribution in [0.2, 0.25) is 0 Å². The molecule has 0 spiro atoms. The minimum Gasteiger partial charge on any atom is -0.497 e. The minimum absolute atomic E-state index is 0.232. The molecule has 6 nitrogen and oxygen atoms in total. The number of aryl methyl sites for hydroxylation is 2. The molecule has 1 amide bonds. The molecule has 0 atom stereocenters. The van der Waals surface area contributed by atoms with Gasteiger partial charge in [0.2, 0.25) is 15.9 Å². The van der Waals surface area contributed by atoms with E-state index >= 15 is 0 Å². The van der Waals surface area contributed by atoms with Crippen molar-refractivity contribution in [3.8, 4) is 5.75 Å². The van der Waals surface area contributed by atoms with Crippen LogP contribution in [0, 0.1) is 6.92 Å². The number of rotatable bonds is 9. The number of anilines is 1. The van der Waals surface area contributed by atoms with E-state index in [-0.39, 0.29) is 12.5 Å². The molecule has 146 valence electrons. The minimum atomic E-state index is -3.55. The van der Waals surface area contributed by atoms with Crippen LogP contribution in [0.5, 0.6) is 5.75 Å². The zero-order valence-corrected chi connectivity index (χ0v) is 16.8. The third kappa shape index (κ3) is 6.60. The molecule has 1 N–H and O–H groups in total. The molecule has 2 rings (SSSR count). The maximum Gasteiger partial charge on any atom is 0.240 e. The van der Waals surface area contributed by atoms with Gasteiger partial charge in [-0.25, -0.2) is 8.42 Å². The van der Waals surface area contributed by atoms with Gasteiger partial charge >= 0.3 is 0 Å². The summed E-state index contributed by atoms with van der Waals surface area (Å²) in [5.74, 6) is 0.486. The lowest BCUT2D eigenvalue weighted by Crippen LogP contribution is -2.40. The summed E-state index contributed by atoms with van der Waals surface area (Å²) < 4.78 is 30.3. The summed E-state index contributed by atoms with van der Waals surface area (Å²) >= 11 is 0. The first kappa shape index (κ1) is 20.8. The molecule has 7 heteroatoms. The summed E-state index contributed by atoms with van der Waals surface area (Å²) in [5, 5.41) is 2.79. The number of hydrogen-bond donors (Lipinski definition) is 1. The second-order valence-electron chi connectivity index (χ2n) is 6.41. The Morgan fingerprint density at radius 1 is 1.07 bits per heavy atom. The second kappa shape index (κ2) is 9.41. The van der Waals surface area contributed by atoms with Gasteiger partial charge in [-0.15, -0.1) is 0 Å². The van der Waals surface area contributed by atoms with E-state index in [0.717, 1.165) is 40.3 Å². The maximum absolute atomic E-state index is 12.2. The maximum atomic E-state index is 12.2. The number of methoxy groups -OCH3 is 1. The number of carbonyl (C=O) groups excluding carboxylic acids is 1. The van der Waals surface area contributed by atoms with Crippen molar-refractivity contribution in [2.45, 2.75) is 19.8 Å². The molecule has 2 aromatic carbocycles. The van der Waals surface area contributed by atoms with E-state index in [2.05, 4.69) is 5.32 Å². The molecule has 0 aliphatic carbocycles. The van der Waals surface area contributed by atoms with E-state index in [1.165, 1.54) is 0 Å². The molecule has 0 fully saturated rings. The van der Waals surface area contributed by atoms with Crippen LogP contribution in [-0.4, -0.2) is 40.8 Å². The van der Waals surface area contributed by atoms with Crippen molar-refractivity contribution in [2.24, 2.45) is 0 Å². The van der Waals surface area contributed by atoms with E-state index in [1.54, 1.807) is 19.2 Å². The molecule has 0 aromatic heterocycles. The van der Waals surface area contributed by atoms with Gasteiger partial charge in [0.05, 0.1) is 19.1 Å². The Labute approximate surface area is 161 Å². The Hall–Kier alpha value is -2.54. The van der Waals surface area contributed by atoms with Gasteiger partial charge in [0.15, 0.2) is 0 Å². The number of hydrogen-bond acceptors (Lipinski definition) is 4. The van der Waals surface area contributed by atoms with Crippen LogP contribution >= 0.6 is 0 Å². The lowest BCUT2D eigenvalue weighted by Gasteiger charge is -2.22. The lowest BCUT2D eigenvalue weighted by atomic mass is 10.1. The van der Waals surface area contributed by atoms with E-state index in [9.17, 15) is 13.2 Å². The van der Waals surface area contributed by atoms with Crippen molar-refractivity contribution in [2.75, 3.05) is 30.8 Å². The van der Waals surface area contributed by atoms with Crippen LogP contribution in [0.25, 0.3) is 0 Å². The number of carbonyl (C=O) groups is 1. The van der Waals surface area contributed by atoms with Gasteiger partial charge < -0.3 is 10.1 Å². The van der Waals surface area contributed by atoms with Crippen molar-refractivity contribution in [1.82, 2.24) is 5.32 Å². The number of nitrogens with zero attached hydrogens (tertiary/aromatic N) is 1. The van der Waals surface area contributed by atoms with Crippen molar-refractivity contribution < 1.29 is 17.9 Å². The highest BCUT2D eigenvalue weighted by atomic mass is 32.2. The van der Waals surface area contributed by atoms with Crippen molar-refractivity contribution >= 4 is 21.6 Å². The summed E-state index contributed by atoms with van der Waals surface area (Å²) in [6.45, 7) is 2.17. The van der Waals surface area contributed by atoms with E-state index in [0.29, 0.717) is 12.2 Å². The van der Waals surface area contributed by atoms with Gasteiger partial charge in [-0.2, -0.15) is 0 Å². The number of nitrogens with one attached hydrogen (secondary N) is 1. The topological polar surface area (TPSA) is 75.7 Å². The first-order valence-electron chi connectivity index (χ1n) is 8.73. The van der Waals surface area contributed by atoms with E-state index in [4.69, 9.17) is 4.74 Å². The Kier molecular flexibility index (Phi) is 7.24. The zero-order chi connectivity index (χ0) is 19.9. The van der Waals surface area contributed by atoms with Gasteiger partial charge in [0.1, 0.15) is 12.3 Å². The van der Waals surface area contributed by atoms with Crippen molar-refractivity contribution in [3.05, 3.63) is 59.7 Å². The monoisotopic (exact) mass is 390 g/mol. The predicted octanol–water partition coefficient (Wildman–Crippen LogP) is 2.52. The standard InChI is InChI=1S/C20H26N2O4S/c1-16-6-10-18(11-7-16)22(27(3,24)25)15-20(23)21-14-4-5-17-8-12-19(26-2)13-9-17/h6-13H,4-5,14-15H2,1-3H3,(H,21,23). The van der Waals surface area contributed by atoms with Crippen LogP contribution in [0.15, 0.2) is 48.5 Å². The fourth-order valence-corrected chi connectivity index (χ4v) is 3.47. The average molecular weight is 391 g/mol. The number of sulfonamides is 1. The molecule has 0 unspecified atom stereocenters. The predicted molar refractivity (Wildman–Crippen MR) is 108 cm³/mol. The third-order valence-corrected chi connectivity index (χ3v) is 5.27. The Morgan fingerprint density at radius 2 is 1.70 bits per heavy atom. The van der Waals surface area contributed by atoms with Crippen molar-refractivity contribution in [3.63, 3.8) is 0 Å². The average Bonchev–Trinajstić information content (AvgIpc) is 2.64. The summed E-state index contributed by atoms with van der Waals surface area (Å²) in [5.41, 5.74) is 2.66. The van der Waals surface area contributed by atoms with Crippen LogP contribution in [0.1, 0.15) is 17.5 Å². The molecule has 0 saturated heterocycles. The molecule has 0 aliphatic rings. The quantitative estimate of drug-likeness (QED) is 0.668. The fourth-order valence-electron chi connectivity index (χ4n) is 2.61. The molecule has 0 saturated carbocycles. The molecule has 0 heterocycles. The smallest absolute Gasteiger partial charge is 0.240 e. The van der Waals surface area contributed by atoms with Gasteiger partial charge in [-0.3, -0.25) is 9.10 Å². The van der Waals surface area contributed by atoms with Gasteiger partial charge in [0, 0.05) is 6.54 Å². The Bertz CT molecular complexity index is 847. The highest BCUT2D eigenvalue weighted by Crippen LogP contribution is 2.18. The van der Waals surface area contributed by atoms with Gasteiger partial charge in [0.25, 0.3) is 0 Å². The molecule has 0 aliphatic heterocycles. The highest BCUT2D eigenvalue weighted by molar-refractivity contribution is 7.92. The molecular formula is C20H26N2O4S.